The molecule has 1 amide bonds. The third kappa shape index (κ3) is 3.45. The molecule has 0 saturated heterocycles. The van der Waals surface area contributed by atoms with E-state index in [1.807, 2.05) is 6.07 Å². The second-order valence-electron chi connectivity index (χ2n) is 2.92. The van der Waals surface area contributed by atoms with Crippen molar-refractivity contribution in [1.82, 2.24) is 0 Å². The predicted octanol–water partition coefficient (Wildman–Crippen LogP) is 2.10. The molecule has 76 valence electrons. The highest BCUT2D eigenvalue weighted by Gasteiger charge is 1.98. The Hall–Kier alpha value is -1.79. The number of rotatable bonds is 3. The van der Waals surface area contributed by atoms with E-state index in [1.165, 1.54) is 0 Å². The van der Waals surface area contributed by atoms with Crippen LogP contribution >= 0.6 is 11.6 Å². The van der Waals surface area contributed by atoms with Crippen molar-refractivity contribution in [2.24, 2.45) is 5.73 Å². The molecule has 0 aromatic heterocycles. The molecule has 3 nitrogen and oxygen atoms in total. The van der Waals surface area contributed by atoms with Gasteiger partial charge in [0.25, 0.3) is 0 Å². The first kappa shape index (κ1) is 11.3. The van der Waals surface area contributed by atoms with Gasteiger partial charge in [0.2, 0.25) is 5.91 Å². The molecule has 1 rings (SSSR count). The fourth-order valence-corrected chi connectivity index (χ4v) is 1.27. The first-order valence-corrected chi connectivity index (χ1v) is 4.66. The van der Waals surface area contributed by atoms with Gasteiger partial charge in [-0.3, -0.25) is 4.79 Å². The average Bonchev–Trinajstić information content (AvgIpc) is 2.17. The minimum Gasteiger partial charge on any atom is -0.369 e. The topological polar surface area (TPSA) is 66.9 Å². The molecule has 0 aliphatic carbocycles. The Morgan fingerprint density at radius 2 is 2.33 bits per heavy atom. The van der Waals surface area contributed by atoms with Gasteiger partial charge in [-0.25, -0.2) is 0 Å². The normalized spacial score (nSPS) is 10.1. The van der Waals surface area contributed by atoms with Gasteiger partial charge in [-0.1, -0.05) is 29.8 Å². The van der Waals surface area contributed by atoms with Crippen LogP contribution in [0.15, 0.2) is 24.3 Å². The minimum absolute atomic E-state index is 0.192. The van der Waals surface area contributed by atoms with Gasteiger partial charge < -0.3 is 5.73 Å². The van der Waals surface area contributed by atoms with E-state index in [1.54, 1.807) is 30.4 Å². The molecule has 0 aliphatic heterocycles. The smallest absolute Gasteiger partial charge is 0.221 e. The van der Waals surface area contributed by atoms with Crippen molar-refractivity contribution < 1.29 is 4.79 Å². The highest BCUT2D eigenvalue weighted by Crippen LogP contribution is 2.17. The Bertz CT molecular complexity index is 446. The maximum Gasteiger partial charge on any atom is 0.221 e. The number of benzene rings is 1. The lowest BCUT2D eigenvalue weighted by Crippen LogP contribution is -2.07. The van der Waals surface area contributed by atoms with E-state index in [9.17, 15) is 4.79 Å². The van der Waals surface area contributed by atoms with Gasteiger partial charge in [0.05, 0.1) is 10.6 Å². The molecule has 0 unspecified atom stereocenters. The second-order valence-corrected chi connectivity index (χ2v) is 3.33. The molecule has 0 saturated carbocycles. The number of nitrogens with zero attached hydrogens (tertiary/aromatic N) is 1. The van der Waals surface area contributed by atoms with Gasteiger partial charge in [0, 0.05) is 6.42 Å². The number of nitrogens with two attached hydrogens (primary N) is 1. The molecular weight excluding hydrogens is 212 g/mol. The first-order valence-electron chi connectivity index (χ1n) is 4.28. The fourth-order valence-electron chi connectivity index (χ4n) is 1.04. The molecule has 2 N–H and O–H groups in total. The van der Waals surface area contributed by atoms with Crippen LogP contribution in [0.2, 0.25) is 5.02 Å². The lowest BCUT2D eigenvalue weighted by molar-refractivity contribution is -0.117. The maximum atomic E-state index is 10.5. The van der Waals surface area contributed by atoms with E-state index in [0.29, 0.717) is 10.6 Å². The molecule has 4 heteroatoms. The van der Waals surface area contributed by atoms with Crippen LogP contribution < -0.4 is 5.73 Å². The Balaban J connectivity index is 2.81. The van der Waals surface area contributed by atoms with Crippen molar-refractivity contribution in [3.05, 3.63) is 40.4 Å². The van der Waals surface area contributed by atoms with Crippen LogP contribution in [-0.2, 0) is 4.79 Å². The zero-order chi connectivity index (χ0) is 11.3. The zero-order valence-corrected chi connectivity index (χ0v) is 8.66. The molecule has 0 fully saturated rings. The number of amides is 1. The lowest BCUT2D eigenvalue weighted by Gasteiger charge is -1.96. The highest BCUT2D eigenvalue weighted by molar-refractivity contribution is 6.31. The summed E-state index contributed by atoms with van der Waals surface area (Å²) in [5.74, 6) is -0.383. The second kappa shape index (κ2) is 5.18. The highest BCUT2D eigenvalue weighted by atomic mass is 35.5. The van der Waals surface area contributed by atoms with Crippen molar-refractivity contribution in [2.45, 2.75) is 6.42 Å². The third-order valence-electron chi connectivity index (χ3n) is 1.74. The van der Waals surface area contributed by atoms with Gasteiger partial charge in [0.15, 0.2) is 0 Å². The summed E-state index contributed by atoms with van der Waals surface area (Å²) >= 11 is 5.82. The quantitative estimate of drug-likeness (QED) is 0.848. The number of primary amides is 1. The number of halogens is 1. The van der Waals surface area contributed by atoms with Crippen molar-refractivity contribution in [3.63, 3.8) is 0 Å². The Labute approximate surface area is 92.8 Å². The summed E-state index contributed by atoms with van der Waals surface area (Å²) in [4.78, 5) is 10.5. The zero-order valence-electron chi connectivity index (χ0n) is 7.90. The van der Waals surface area contributed by atoms with Crippen LogP contribution in [0, 0.1) is 11.3 Å². The number of hydrogen-bond donors (Lipinski definition) is 1. The van der Waals surface area contributed by atoms with E-state index >= 15 is 0 Å². The molecule has 0 radical (unpaired) electrons. The van der Waals surface area contributed by atoms with Gasteiger partial charge in [-0.2, -0.15) is 5.26 Å². The molecule has 1 aromatic carbocycles. The summed E-state index contributed by atoms with van der Waals surface area (Å²) in [6.45, 7) is 0. The van der Waals surface area contributed by atoms with Gasteiger partial charge in [-0.05, 0) is 17.7 Å². The molecule has 0 aliphatic rings. The van der Waals surface area contributed by atoms with Crippen LogP contribution in [0.25, 0.3) is 6.08 Å². The summed E-state index contributed by atoms with van der Waals surface area (Å²) in [6.07, 6.45) is 3.58. The van der Waals surface area contributed by atoms with Crippen LogP contribution in [0.4, 0.5) is 0 Å². The molecule has 0 atom stereocenters. The van der Waals surface area contributed by atoms with E-state index in [4.69, 9.17) is 22.6 Å². The van der Waals surface area contributed by atoms with Gasteiger partial charge >= 0.3 is 0 Å². The Morgan fingerprint density at radius 1 is 1.60 bits per heavy atom. The largest absolute Gasteiger partial charge is 0.369 e. The van der Waals surface area contributed by atoms with Crippen molar-refractivity contribution in [3.8, 4) is 6.07 Å². The van der Waals surface area contributed by atoms with E-state index in [2.05, 4.69) is 0 Å². The summed E-state index contributed by atoms with van der Waals surface area (Å²) in [6, 6.07) is 7.01. The molecular formula is C11H9ClN2O. The number of hydrogen-bond acceptors (Lipinski definition) is 2. The first-order chi connectivity index (χ1) is 7.13. The number of nitriles is 1. The monoisotopic (exact) mass is 220 g/mol. The van der Waals surface area contributed by atoms with E-state index in [-0.39, 0.29) is 12.3 Å². The van der Waals surface area contributed by atoms with E-state index in [0.717, 1.165) is 5.56 Å². The summed E-state index contributed by atoms with van der Waals surface area (Å²) in [5, 5.41) is 9.05. The van der Waals surface area contributed by atoms with Crippen molar-refractivity contribution in [2.75, 3.05) is 0 Å². The average molecular weight is 221 g/mol. The maximum absolute atomic E-state index is 10.5. The van der Waals surface area contributed by atoms with Crippen LogP contribution in [0.1, 0.15) is 17.5 Å². The van der Waals surface area contributed by atoms with Crippen molar-refractivity contribution >= 4 is 23.6 Å². The fraction of sp³-hybridized carbons (Fsp3) is 0.0909. The number of carbonyl (C=O) groups excluding carboxylic acids is 1. The van der Waals surface area contributed by atoms with Gasteiger partial charge in [0.1, 0.15) is 6.07 Å². The van der Waals surface area contributed by atoms with Crippen LogP contribution in [-0.4, -0.2) is 5.91 Å². The standard InChI is InChI=1S/C11H9ClN2O/c12-10-6-8(2-1-3-11(14)15)4-5-9(10)7-13/h1-2,4-6H,3H2,(H2,14,15). The summed E-state index contributed by atoms with van der Waals surface area (Å²) in [5.41, 5.74) is 6.24. The van der Waals surface area contributed by atoms with E-state index < -0.39 is 0 Å². The lowest BCUT2D eigenvalue weighted by atomic mass is 10.1. The molecule has 15 heavy (non-hydrogen) atoms. The van der Waals surface area contributed by atoms with Gasteiger partial charge in [-0.15, -0.1) is 0 Å². The SMILES string of the molecule is N#Cc1ccc(C=CCC(N)=O)cc1Cl. The van der Waals surface area contributed by atoms with Crippen LogP contribution in [0.5, 0.6) is 0 Å². The Kier molecular flexibility index (Phi) is 3.90. The molecule has 1 aromatic rings. The summed E-state index contributed by atoms with van der Waals surface area (Å²) < 4.78 is 0. The summed E-state index contributed by atoms with van der Waals surface area (Å²) in [7, 11) is 0. The predicted molar refractivity (Wildman–Crippen MR) is 59.0 cm³/mol. The molecule has 0 spiro atoms. The minimum atomic E-state index is -0.383. The molecule has 0 bridgehead atoms. The third-order valence-corrected chi connectivity index (χ3v) is 2.06. The number of carbonyl (C=O) groups is 1. The van der Waals surface area contributed by atoms with Crippen molar-refractivity contribution in [1.29, 1.82) is 5.26 Å². The molecule has 0 heterocycles. The van der Waals surface area contributed by atoms with Crippen LogP contribution in [0.3, 0.4) is 0 Å². The Morgan fingerprint density at radius 3 is 2.87 bits per heavy atom.